The fraction of sp³-hybridized carbons (Fsp3) is 0.312. The third-order valence-corrected chi connectivity index (χ3v) is 4.33. The Labute approximate surface area is 153 Å². The van der Waals surface area contributed by atoms with Crippen molar-refractivity contribution >= 4 is 29.1 Å². The zero-order chi connectivity index (χ0) is 18.6. The number of alkyl halides is 2. The molecule has 0 saturated heterocycles. The Morgan fingerprint density at radius 2 is 2.00 bits per heavy atom. The van der Waals surface area contributed by atoms with Crippen LogP contribution in [0, 0.1) is 0 Å². The highest BCUT2D eigenvalue weighted by atomic mass is 35.5. The summed E-state index contributed by atoms with van der Waals surface area (Å²) in [7, 11) is 2.99. The van der Waals surface area contributed by atoms with E-state index >= 15 is 0 Å². The number of carbonyl (C=O) groups is 1. The first kappa shape index (κ1) is 19.3. The molecule has 0 aliphatic heterocycles. The van der Waals surface area contributed by atoms with Crippen LogP contribution in [0.4, 0.5) is 8.78 Å². The first-order chi connectivity index (χ1) is 11.8. The van der Waals surface area contributed by atoms with Crippen LogP contribution >= 0.6 is 23.2 Å². The molecule has 1 amide bonds. The summed E-state index contributed by atoms with van der Waals surface area (Å²) in [5.41, 5.74) is 1.03. The number of ether oxygens (including phenoxy) is 2. The first-order valence-corrected chi connectivity index (χ1v) is 7.99. The number of carbonyl (C=O) groups excluding carboxylic acids is 1. The molecule has 1 aromatic carbocycles. The summed E-state index contributed by atoms with van der Waals surface area (Å²) in [4.78, 5) is 12.1. The highest BCUT2D eigenvalue weighted by Gasteiger charge is 2.16. The molecule has 1 aromatic heterocycles. The molecule has 1 heterocycles. The van der Waals surface area contributed by atoms with Crippen LogP contribution in [0.5, 0.6) is 11.5 Å². The number of nitrogens with one attached hydrogen (secondary N) is 1. The lowest BCUT2D eigenvalue weighted by Gasteiger charge is -2.12. The van der Waals surface area contributed by atoms with E-state index in [9.17, 15) is 13.6 Å². The van der Waals surface area contributed by atoms with E-state index in [0.29, 0.717) is 29.2 Å². The van der Waals surface area contributed by atoms with Gasteiger partial charge >= 0.3 is 6.61 Å². The van der Waals surface area contributed by atoms with E-state index < -0.39 is 6.61 Å². The van der Waals surface area contributed by atoms with Crippen LogP contribution in [0.15, 0.2) is 24.3 Å². The molecule has 1 N–H and O–H groups in total. The lowest BCUT2D eigenvalue weighted by atomic mass is 10.1. The summed E-state index contributed by atoms with van der Waals surface area (Å²) in [5.74, 6) is -0.183. The molecule has 2 aromatic rings. The van der Waals surface area contributed by atoms with Crippen molar-refractivity contribution in [2.45, 2.75) is 13.0 Å². The SMILES string of the molecule is COc1ccc(CCNC(=O)c2cc(Cl)c(Cl)n2C)cc1OC(F)F. The van der Waals surface area contributed by atoms with Crippen LogP contribution in [0.25, 0.3) is 0 Å². The lowest BCUT2D eigenvalue weighted by molar-refractivity contribution is -0.0512. The van der Waals surface area contributed by atoms with E-state index in [0.717, 1.165) is 0 Å². The Balaban J connectivity index is 1.99. The number of rotatable bonds is 7. The van der Waals surface area contributed by atoms with Gasteiger partial charge < -0.3 is 19.4 Å². The highest BCUT2D eigenvalue weighted by Crippen LogP contribution is 2.29. The Morgan fingerprint density at radius 3 is 2.56 bits per heavy atom. The van der Waals surface area contributed by atoms with Gasteiger partial charge in [0.05, 0.1) is 12.1 Å². The van der Waals surface area contributed by atoms with Gasteiger partial charge in [0.1, 0.15) is 10.8 Å². The van der Waals surface area contributed by atoms with Crippen LogP contribution in [0.3, 0.4) is 0 Å². The number of aromatic nitrogens is 1. The molecule has 0 saturated carbocycles. The fourth-order valence-electron chi connectivity index (χ4n) is 2.24. The molecular weight excluding hydrogens is 377 g/mol. The molecule has 0 fully saturated rings. The van der Waals surface area contributed by atoms with Gasteiger partial charge in [0.15, 0.2) is 11.5 Å². The number of nitrogens with zero attached hydrogens (tertiary/aromatic N) is 1. The zero-order valence-electron chi connectivity index (χ0n) is 13.5. The zero-order valence-corrected chi connectivity index (χ0v) is 15.0. The Kier molecular flexibility index (Phi) is 6.50. The van der Waals surface area contributed by atoms with Gasteiger partial charge in [-0.2, -0.15) is 8.78 Å². The van der Waals surface area contributed by atoms with Crippen molar-refractivity contribution in [2.75, 3.05) is 13.7 Å². The molecule has 0 aliphatic rings. The molecule has 9 heteroatoms. The molecule has 136 valence electrons. The van der Waals surface area contributed by atoms with Crippen molar-refractivity contribution in [3.05, 3.63) is 45.7 Å². The minimum atomic E-state index is -2.95. The van der Waals surface area contributed by atoms with Crippen LogP contribution in [-0.4, -0.2) is 30.7 Å². The van der Waals surface area contributed by atoms with E-state index in [2.05, 4.69) is 10.1 Å². The number of amides is 1. The molecule has 5 nitrogen and oxygen atoms in total. The van der Waals surface area contributed by atoms with Gasteiger partial charge in [-0.25, -0.2) is 0 Å². The van der Waals surface area contributed by atoms with Crippen molar-refractivity contribution in [1.82, 2.24) is 9.88 Å². The highest BCUT2D eigenvalue weighted by molar-refractivity contribution is 6.41. The molecule has 0 spiro atoms. The number of benzene rings is 1. The summed E-state index contributed by atoms with van der Waals surface area (Å²) < 4.78 is 35.7. The van der Waals surface area contributed by atoms with Gasteiger partial charge in [0.25, 0.3) is 5.91 Å². The van der Waals surface area contributed by atoms with E-state index in [1.54, 1.807) is 13.1 Å². The normalized spacial score (nSPS) is 10.8. The second kappa shape index (κ2) is 8.40. The largest absolute Gasteiger partial charge is 0.493 e. The number of methoxy groups -OCH3 is 1. The van der Waals surface area contributed by atoms with Gasteiger partial charge in [-0.15, -0.1) is 0 Å². The van der Waals surface area contributed by atoms with E-state index in [1.165, 1.54) is 29.9 Å². The van der Waals surface area contributed by atoms with Crippen molar-refractivity contribution < 1.29 is 23.0 Å². The minimum absolute atomic E-state index is 0.0534. The standard InChI is InChI=1S/C16H16Cl2F2N2O3/c1-22-11(8-10(17)14(22)18)15(23)21-6-5-9-3-4-12(24-2)13(7-9)25-16(19)20/h3-4,7-8,16H,5-6H2,1-2H3,(H,21,23). The Bertz CT molecular complexity index is 766. The molecule has 2 rings (SSSR count). The van der Waals surface area contributed by atoms with Crippen LogP contribution in [0.2, 0.25) is 10.2 Å². The summed E-state index contributed by atoms with van der Waals surface area (Å²) in [6, 6.07) is 6.17. The number of hydrogen-bond acceptors (Lipinski definition) is 3. The van der Waals surface area contributed by atoms with Gasteiger partial charge in [0, 0.05) is 13.6 Å². The first-order valence-electron chi connectivity index (χ1n) is 7.24. The Morgan fingerprint density at radius 1 is 1.28 bits per heavy atom. The average molecular weight is 393 g/mol. The molecule has 25 heavy (non-hydrogen) atoms. The van der Waals surface area contributed by atoms with Crippen LogP contribution in [-0.2, 0) is 13.5 Å². The second-order valence-electron chi connectivity index (χ2n) is 5.10. The number of hydrogen-bond donors (Lipinski definition) is 1. The number of halogens is 4. The van der Waals surface area contributed by atoms with Gasteiger partial charge in [-0.3, -0.25) is 4.79 Å². The molecule has 0 atom stereocenters. The van der Waals surface area contributed by atoms with Gasteiger partial charge in [-0.1, -0.05) is 29.3 Å². The van der Waals surface area contributed by atoms with E-state index in [4.69, 9.17) is 27.9 Å². The topological polar surface area (TPSA) is 52.5 Å². The molecule has 0 bridgehead atoms. The summed E-state index contributed by atoms with van der Waals surface area (Å²) in [6.45, 7) is -2.66. The summed E-state index contributed by atoms with van der Waals surface area (Å²) in [5, 5.41) is 3.28. The van der Waals surface area contributed by atoms with Gasteiger partial charge in [-0.05, 0) is 30.2 Å². The molecule has 0 unspecified atom stereocenters. The summed E-state index contributed by atoms with van der Waals surface area (Å²) >= 11 is 11.8. The van der Waals surface area contributed by atoms with E-state index in [1.807, 2.05) is 0 Å². The quantitative estimate of drug-likeness (QED) is 0.776. The maximum absolute atomic E-state index is 12.4. The minimum Gasteiger partial charge on any atom is -0.493 e. The predicted molar refractivity (Wildman–Crippen MR) is 91.1 cm³/mol. The van der Waals surface area contributed by atoms with Crippen molar-refractivity contribution in [3.8, 4) is 11.5 Å². The Hall–Kier alpha value is -1.99. The maximum Gasteiger partial charge on any atom is 0.387 e. The van der Waals surface area contributed by atoms with Gasteiger partial charge in [0.2, 0.25) is 0 Å². The van der Waals surface area contributed by atoms with Crippen molar-refractivity contribution in [2.24, 2.45) is 7.05 Å². The predicted octanol–water partition coefficient (Wildman–Crippen LogP) is 3.91. The second-order valence-corrected chi connectivity index (χ2v) is 5.86. The van der Waals surface area contributed by atoms with Crippen LogP contribution in [0.1, 0.15) is 16.1 Å². The van der Waals surface area contributed by atoms with E-state index in [-0.39, 0.29) is 22.6 Å². The third kappa shape index (κ3) is 4.76. The molecular formula is C16H16Cl2F2N2O3. The fourth-order valence-corrected chi connectivity index (χ4v) is 2.61. The van der Waals surface area contributed by atoms with Crippen molar-refractivity contribution in [3.63, 3.8) is 0 Å². The summed E-state index contributed by atoms with van der Waals surface area (Å²) in [6.07, 6.45) is 0.418. The molecule has 0 radical (unpaired) electrons. The van der Waals surface area contributed by atoms with Crippen LogP contribution < -0.4 is 14.8 Å². The lowest BCUT2D eigenvalue weighted by Crippen LogP contribution is -2.27. The maximum atomic E-state index is 12.4. The van der Waals surface area contributed by atoms with Crippen molar-refractivity contribution in [1.29, 1.82) is 0 Å². The molecule has 0 aliphatic carbocycles. The third-order valence-electron chi connectivity index (χ3n) is 3.49. The smallest absolute Gasteiger partial charge is 0.387 e. The monoisotopic (exact) mass is 392 g/mol. The average Bonchev–Trinajstić information content (AvgIpc) is 2.82.